The van der Waals surface area contributed by atoms with Crippen molar-refractivity contribution in [1.82, 2.24) is 10.2 Å². The molecule has 0 aliphatic carbocycles. The summed E-state index contributed by atoms with van der Waals surface area (Å²) in [5, 5.41) is 3.09. The number of nitrogens with one attached hydrogen (secondary N) is 1. The van der Waals surface area contributed by atoms with Crippen LogP contribution in [0.25, 0.3) is 0 Å². The molecule has 6 heteroatoms. The number of hydrogen-bond acceptors (Lipinski definition) is 3. The largest absolute Gasteiger partial charge is 0.484 e. The Labute approximate surface area is 222 Å². The summed E-state index contributed by atoms with van der Waals surface area (Å²) in [5.74, 6) is 0.238. The smallest absolute Gasteiger partial charge is 0.261 e. The van der Waals surface area contributed by atoms with E-state index in [-0.39, 0.29) is 24.5 Å². The fraction of sp³-hybridized carbons (Fsp3) is 0.310. The van der Waals surface area contributed by atoms with Crippen LogP contribution in [-0.4, -0.2) is 35.4 Å². The predicted molar refractivity (Wildman–Crippen MR) is 148 cm³/mol. The van der Waals surface area contributed by atoms with E-state index < -0.39 is 6.04 Å². The number of hydrogen-bond donors (Lipinski definition) is 1. The molecule has 0 heterocycles. The lowest BCUT2D eigenvalue weighted by Gasteiger charge is -2.32. The molecule has 5 nitrogen and oxygen atoms in total. The monoisotopic (exact) mass is 584 g/mol. The highest BCUT2D eigenvalue weighted by atomic mass is 127. The Morgan fingerprint density at radius 1 is 0.971 bits per heavy atom. The summed E-state index contributed by atoms with van der Waals surface area (Å²) in [6.45, 7) is 6.20. The zero-order valence-electron chi connectivity index (χ0n) is 20.5. The van der Waals surface area contributed by atoms with E-state index in [4.69, 9.17) is 4.74 Å². The van der Waals surface area contributed by atoms with Gasteiger partial charge in [-0.25, -0.2) is 0 Å². The molecule has 0 bridgehead atoms. The molecular formula is C29H33IN2O3. The third-order valence-corrected chi connectivity index (χ3v) is 6.60. The molecule has 2 amide bonds. The van der Waals surface area contributed by atoms with Gasteiger partial charge in [0.2, 0.25) is 5.91 Å². The minimum Gasteiger partial charge on any atom is -0.484 e. The number of carbonyl (C=O) groups excluding carboxylic acids is 2. The summed E-state index contributed by atoms with van der Waals surface area (Å²) in [4.78, 5) is 28.7. The van der Waals surface area contributed by atoms with E-state index >= 15 is 0 Å². The molecule has 0 aromatic heterocycles. The first-order valence-corrected chi connectivity index (χ1v) is 13.0. The SMILES string of the molecule is CC[C@@H](C)NC(=O)[C@@H](Cc1ccccc1)N(Cc1cccc(C)c1)C(=O)COc1ccc(I)cc1. The molecule has 1 N–H and O–H groups in total. The first-order chi connectivity index (χ1) is 16.9. The Bertz CT molecular complexity index is 1100. The highest BCUT2D eigenvalue weighted by Gasteiger charge is 2.31. The molecule has 3 aromatic carbocycles. The predicted octanol–water partition coefficient (Wildman–Crippen LogP) is 5.53. The van der Waals surface area contributed by atoms with Crippen molar-refractivity contribution in [3.63, 3.8) is 0 Å². The Hall–Kier alpha value is -2.87. The van der Waals surface area contributed by atoms with Crippen LogP contribution in [0.4, 0.5) is 0 Å². The van der Waals surface area contributed by atoms with Crippen molar-refractivity contribution in [3.05, 3.63) is 99.1 Å². The molecule has 0 unspecified atom stereocenters. The van der Waals surface area contributed by atoms with Gasteiger partial charge in [0, 0.05) is 22.6 Å². The summed E-state index contributed by atoms with van der Waals surface area (Å²) in [5.41, 5.74) is 3.08. The number of amides is 2. The Morgan fingerprint density at radius 3 is 2.31 bits per heavy atom. The molecule has 0 aliphatic heterocycles. The summed E-state index contributed by atoms with van der Waals surface area (Å²) in [7, 11) is 0. The normalized spacial score (nSPS) is 12.5. The zero-order valence-corrected chi connectivity index (χ0v) is 22.7. The molecule has 0 aliphatic rings. The molecular weight excluding hydrogens is 551 g/mol. The highest BCUT2D eigenvalue weighted by Crippen LogP contribution is 2.18. The Balaban J connectivity index is 1.90. The average molecular weight is 584 g/mol. The van der Waals surface area contributed by atoms with Gasteiger partial charge in [-0.2, -0.15) is 0 Å². The van der Waals surface area contributed by atoms with Crippen LogP contribution in [0.15, 0.2) is 78.9 Å². The second kappa shape index (κ2) is 13.3. The van der Waals surface area contributed by atoms with Gasteiger partial charge in [-0.1, -0.05) is 67.1 Å². The topological polar surface area (TPSA) is 58.6 Å². The number of ether oxygens (including phenoxy) is 1. The lowest BCUT2D eigenvalue weighted by molar-refractivity contribution is -0.143. The molecule has 0 fully saturated rings. The van der Waals surface area contributed by atoms with Crippen molar-refractivity contribution < 1.29 is 14.3 Å². The van der Waals surface area contributed by atoms with E-state index in [2.05, 4.69) is 27.9 Å². The number of benzene rings is 3. The fourth-order valence-electron chi connectivity index (χ4n) is 3.76. The first kappa shape index (κ1) is 26.7. The summed E-state index contributed by atoms with van der Waals surface area (Å²) >= 11 is 2.23. The number of carbonyl (C=O) groups is 2. The maximum absolute atomic E-state index is 13.6. The van der Waals surface area contributed by atoms with Crippen LogP contribution >= 0.6 is 22.6 Å². The van der Waals surface area contributed by atoms with Crippen molar-refractivity contribution in [2.24, 2.45) is 0 Å². The molecule has 0 radical (unpaired) electrons. The standard InChI is InChI=1S/C29H33IN2O3/c1-4-22(3)31-29(34)27(18-23-10-6-5-7-11-23)32(19-24-12-8-9-21(2)17-24)28(33)20-35-26-15-13-25(30)14-16-26/h5-17,22,27H,4,18-20H2,1-3H3,(H,31,34)/t22-,27-/m1/s1. The minimum atomic E-state index is -0.667. The zero-order chi connectivity index (χ0) is 25.2. The van der Waals surface area contributed by atoms with Crippen molar-refractivity contribution in [2.75, 3.05) is 6.61 Å². The Kier molecular flexibility index (Phi) is 10.1. The average Bonchev–Trinajstić information content (AvgIpc) is 2.86. The van der Waals surface area contributed by atoms with E-state index in [9.17, 15) is 9.59 Å². The third kappa shape index (κ3) is 8.38. The number of rotatable bonds is 11. The van der Waals surface area contributed by atoms with Crippen LogP contribution in [0.2, 0.25) is 0 Å². The van der Waals surface area contributed by atoms with Gasteiger partial charge in [0.05, 0.1) is 0 Å². The van der Waals surface area contributed by atoms with Crippen LogP contribution in [0.5, 0.6) is 5.75 Å². The van der Waals surface area contributed by atoms with E-state index in [1.807, 2.05) is 99.6 Å². The number of aryl methyl sites for hydroxylation is 1. The van der Waals surface area contributed by atoms with Crippen LogP contribution in [-0.2, 0) is 22.6 Å². The van der Waals surface area contributed by atoms with Crippen LogP contribution < -0.4 is 10.1 Å². The molecule has 184 valence electrons. The van der Waals surface area contributed by atoms with Crippen molar-refractivity contribution in [3.8, 4) is 5.75 Å². The second-order valence-corrected chi connectivity index (χ2v) is 10.0. The maximum Gasteiger partial charge on any atom is 0.261 e. The van der Waals surface area contributed by atoms with Gasteiger partial charge in [0.15, 0.2) is 6.61 Å². The van der Waals surface area contributed by atoms with Gasteiger partial charge in [-0.3, -0.25) is 9.59 Å². The van der Waals surface area contributed by atoms with Crippen LogP contribution in [0.3, 0.4) is 0 Å². The molecule has 0 saturated carbocycles. The third-order valence-electron chi connectivity index (χ3n) is 5.88. The lowest BCUT2D eigenvalue weighted by atomic mass is 10.0. The van der Waals surface area contributed by atoms with E-state index in [1.165, 1.54) is 0 Å². The quantitative estimate of drug-likeness (QED) is 0.302. The van der Waals surface area contributed by atoms with Crippen molar-refractivity contribution >= 4 is 34.4 Å². The van der Waals surface area contributed by atoms with Gasteiger partial charge >= 0.3 is 0 Å². The number of nitrogens with zero attached hydrogens (tertiary/aromatic N) is 1. The van der Waals surface area contributed by atoms with Gasteiger partial charge in [0.25, 0.3) is 5.91 Å². The fourth-order valence-corrected chi connectivity index (χ4v) is 4.12. The van der Waals surface area contributed by atoms with E-state index in [0.29, 0.717) is 18.7 Å². The van der Waals surface area contributed by atoms with Gasteiger partial charge in [-0.05, 0) is 78.3 Å². The molecule has 3 rings (SSSR count). The van der Waals surface area contributed by atoms with Crippen molar-refractivity contribution in [2.45, 2.75) is 52.2 Å². The van der Waals surface area contributed by atoms with E-state index in [0.717, 1.165) is 26.7 Å². The number of halogens is 1. The molecule has 3 aromatic rings. The second-order valence-electron chi connectivity index (χ2n) is 8.78. The molecule has 35 heavy (non-hydrogen) atoms. The molecule has 0 spiro atoms. The lowest BCUT2D eigenvalue weighted by Crippen LogP contribution is -2.53. The summed E-state index contributed by atoms with van der Waals surface area (Å²) < 4.78 is 6.91. The summed E-state index contributed by atoms with van der Waals surface area (Å²) in [6, 6.07) is 24.7. The summed E-state index contributed by atoms with van der Waals surface area (Å²) in [6.07, 6.45) is 1.23. The highest BCUT2D eigenvalue weighted by molar-refractivity contribution is 14.1. The van der Waals surface area contributed by atoms with Crippen LogP contribution in [0.1, 0.15) is 37.0 Å². The van der Waals surface area contributed by atoms with Gasteiger partial charge in [0.1, 0.15) is 11.8 Å². The van der Waals surface area contributed by atoms with Crippen LogP contribution in [0, 0.1) is 10.5 Å². The van der Waals surface area contributed by atoms with Gasteiger partial charge < -0.3 is 15.0 Å². The minimum absolute atomic E-state index is 0.0136. The molecule has 0 saturated heterocycles. The van der Waals surface area contributed by atoms with E-state index in [1.54, 1.807) is 4.90 Å². The van der Waals surface area contributed by atoms with Gasteiger partial charge in [-0.15, -0.1) is 0 Å². The maximum atomic E-state index is 13.6. The first-order valence-electron chi connectivity index (χ1n) is 11.9. The molecule has 2 atom stereocenters. The Morgan fingerprint density at radius 2 is 1.66 bits per heavy atom. The van der Waals surface area contributed by atoms with Crippen molar-refractivity contribution in [1.29, 1.82) is 0 Å².